The Hall–Kier alpha value is -0.610. The Morgan fingerprint density at radius 3 is 2.00 bits per heavy atom. The van der Waals surface area contributed by atoms with Crippen LogP contribution in [-0.4, -0.2) is 39.8 Å². The van der Waals surface area contributed by atoms with Crippen molar-refractivity contribution in [3.63, 3.8) is 0 Å². The molecule has 2 saturated heterocycles. The molecule has 1 N–H and O–H groups in total. The first kappa shape index (κ1) is 14.8. The minimum atomic E-state index is -0.709. The quantitative estimate of drug-likeness (QED) is 0.793. The molecule has 0 atom stereocenters. The van der Waals surface area contributed by atoms with Gasteiger partial charge in [0.2, 0.25) is 0 Å². The predicted molar refractivity (Wildman–Crippen MR) is 75.8 cm³/mol. The number of carbonyl (C=O) groups excluding carboxylic acids is 1. The lowest BCUT2D eigenvalue weighted by Crippen LogP contribution is -2.67. The van der Waals surface area contributed by atoms with Gasteiger partial charge in [0.05, 0.1) is 0 Å². The molecule has 19 heavy (non-hydrogen) atoms. The van der Waals surface area contributed by atoms with Gasteiger partial charge in [0.15, 0.2) is 0 Å². The average molecular weight is 268 g/mol. The fraction of sp³-hybridized carbons (Fsp3) is 0.933. The van der Waals surface area contributed by atoms with Gasteiger partial charge in [0, 0.05) is 30.5 Å². The second-order valence-electron chi connectivity index (χ2n) is 7.85. The second kappa shape index (κ2) is 3.95. The van der Waals surface area contributed by atoms with Crippen molar-refractivity contribution in [3.05, 3.63) is 0 Å². The molecular formula is C15H28N2O2. The molecule has 0 radical (unpaired) electrons. The van der Waals surface area contributed by atoms with Gasteiger partial charge in [-0.2, -0.15) is 0 Å². The topological polar surface area (TPSA) is 41.6 Å². The summed E-state index contributed by atoms with van der Waals surface area (Å²) < 4.78 is 6.30. The van der Waals surface area contributed by atoms with E-state index < -0.39 is 11.3 Å². The molecule has 4 heteroatoms. The number of hydrogen-bond donors (Lipinski definition) is 1. The van der Waals surface area contributed by atoms with Crippen LogP contribution in [0.2, 0.25) is 0 Å². The number of nitrogens with zero attached hydrogens (tertiary/aromatic N) is 1. The highest BCUT2D eigenvalue weighted by Gasteiger charge is 2.61. The highest BCUT2D eigenvalue weighted by molar-refractivity contribution is 5.87. The van der Waals surface area contributed by atoms with Gasteiger partial charge in [-0.25, -0.2) is 0 Å². The van der Waals surface area contributed by atoms with E-state index in [0.717, 1.165) is 12.8 Å². The lowest BCUT2D eigenvalue weighted by atomic mass is 9.76. The van der Waals surface area contributed by atoms with Crippen LogP contribution >= 0.6 is 0 Å². The molecule has 1 spiro atoms. The van der Waals surface area contributed by atoms with E-state index in [1.165, 1.54) is 0 Å². The monoisotopic (exact) mass is 268 g/mol. The minimum absolute atomic E-state index is 0.0458. The largest absolute Gasteiger partial charge is 0.340 e. The number of likely N-dealkylation sites (N-methyl/N-ethyl adjacent to an activating group) is 1. The van der Waals surface area contributed by atoms with Crippen LogP contribution in [0.3, 0.4) is 0 Å². The van der Waals surface area contributed by atoms with Crippen LogP contribution in [0.1, 0.15) is 61.3 Å². The highest BCUT2D eigenvalue weighted by Crippen LogP contribution is 2.47. The first-order chi connectivity index (χ1) is 8.43. The number of ether oxygens (including phenoxy) is 1. The summed E-state index contributed by atoms with van der Waals surface area (Å²) >= 11 is 0. The SMILES string of the molecule is CCN1C(=O)C(C)(C)OC12CC(C)(C)NC(C)(C)C2. The van der Waals surface area contributed by atoms with E-state index in [2.05, 4.69) is 33.0 Å². The van der Waals surface area contributed by atoms with E-state index in [1.807, 2.05) is 25.7 Å². The lowest BCUT2D eigenvalue weighted by molar-refractivity contribution is -0.176. The maximum absolute atomic E-state index is 12.5. The summed E-state index contributed by atoms with van der Waals surface area (Å²) in [5, 5.41) is 3.65. The van der Waals surface area contributed by atoms with Crippen LogP contribution in [0.5, 0.6) is 0 Å². The zero-order valence-corrected chi connectivity index (χ0v) is 13.4. The molecule has 2 aliphatic rings. The fourth-order valence-corrected chi connectivity index (χ4v) is 4.23. The fourth-order valence-electron chi connectivity index (χ4n) is 4.23. The van der Waals surface area contributed by atoms with Gasteiger partial charge >= 0.3 is 0 Å². The Labute approximate surface area is 116 Å². The Balaban J connectivity index is 2.44. The molecule has 0 saturated carbocycles. The van der Waals surface area contributed by atoms with Crippen LogP contribution in [-0.2, 0) is 9.53 Å². The van der Waals surface area contributed by atoms with Gasteiger partial charge in [0.25, 0.3) is 5.91 Å². The summed E-state index contributed by atoms with van der Waals surface area (Å²) in [7, 11) is 0. The molecule has 0 aliphatic carbocycles. The second-order valence-corrected chi connectivity index (χ2v) is 7.85. The van der Waals surface area contributed by atoms with E-state index in [-0.39, 0.29) is 17.0 Å². The van der Waals surface area contributed by atoms with Gasteiger partial charge in [0.1, 0.15) is 11.3 Å². The van der Waals surface area contributed by atoms with Gasteiger partial charge in [-0.3, -0.25) is 4.79 Å². The zero-order valence-electron chi connectivity index (χ0n) is 13.4. The average Bonchev–Trinajstić information content (AvgIpc) is 2.27. The predicted octanol–water partition coefficient (Wildman–Crippen LogP) is 2.28. The van der Waals surface area contributed by atoms with Gasteiger partial charge < -0.3 is 15.0 Å². The molecule has 2 heterocycles. The summed E-state index contributed by atoms with van der Waals surface area (Å²) in [4.78, 5) is 14.5. The Morgan fingerprint density at radius 1 is 1.11 bits per heavy atom. The standard InChI is InChI=1S/C15H28N2O2/c1-8-17-11(18)14(6,7)19-15(17)9-12(2,3)16-13(4,5)10-15/h16H,8-10H2,1-7H3. The summed E-state index contributed by atoms with van der Waals surface area (Å²) in [6.07, 6.45) is 1.65. The van der Waals surface area contributed by atoms with Crippen LogP contribution in [0.4, 0.5) is 0 Å². The van der Waals surface area contributed by atoms with Crippen molar-refractivity contribution in [2.24, 2.45) is 0 Å². The lowest BCUT2D eigenvalue weighted by Gasteiger charge is -2.53. The maximum atomic E-state index is 12.5. The van der Waals surface area contributed by atoms with Crippen molar-refractivity contribution in [3.8, 4) is 0 Å². The Kier molecular flexibility index (Phi) is 3.08. The van der Waals surface area contributed by atoms with Gasteiger partial charge in [-0.05, 0) is 48.5 Å². The van der Waals surface area contributed by atoms with Crippen LogP contribution in [0.15, 0.2) is 0 Å². The zero-order chi connectivity index (χ0) is 14.7. The molecule has 0 aromatic rings. The van der Waals surface area contributed by atoms with Crippen molar-refractivity contribution < 1.29 is 9.53 Å². The molecule has 0 unspecified atom stereocenters. The first-order valence-electron chi connectivity index (χ1n) is 7.25. The van der Waals surface area contributed by atoms with Crippen LogP contribution in [0.25, 0.3) is 0 Å². The number of carbonyl (C=O) groups is 1. The summed E-state index contributed by atoms with van der Waals surface area (Å²) in [6.45, 7) is 15.2. The third kappa shape index (κ3) is 2.40. The van der Waals surface area contributed by atoms with E-state index in [1.54, 1.807) is 0 Å². The Bertz CT molecular complexity index is 383. The van der Waals surface area contributed by atoms with Crippen molar-refractivity contribution >= 4 is 5.91 Å². The van der Waals surface area contributed by atoms with Crippen molar-refractivity contribution in [2.45, 2.75) is 83.7 Å². The van der Waals surface area contributed by atoms with E-state index in [4.69, 9.17) is 4.74 Å². The smallest absolute Gasteiger partial charge is 0.256 e. The van der Waals surface area contributed by atoms with E-state index in [9.17, 15) is 4.79 Å². The van der Waals surface area contributed by atoms with E-state index in [0.29, 0.717) is 6.54 Å². The third-order valence-electron chi connectivity index (χ3n) is 4.13. The normalized spacial score (nSPS) is 30.9. The number of hydrogen-bond acceptors (Lipinski definition) is 3. The molecule has 0 aromatic carbocycles. The molecule has 2 fully saturated rings. The molecule has 4 nitrogen and oxygen atoms in total. The van der Waals surface area contributed by atoms with Crippen molar-refractivity contribution in [1.29, 1.82) is 0 Å². The van der Waals surface area contributed by atoms with Crippen LogP contribution < -0.4 is 5.32 Å². The molecule has 1 amide bonds. The summed E-state index contributed by atoms with van der Waals surface area (Å²) in [5.41, 5.74) is -1.27. The number of rotatable bonds is 1. The first-order valence-corrected chi connectivity index (χ1v) is 7.25. The van der Waals surface area contributed by atoms with Gasteiger partial charge in [-0.15, -0.1) is 0 Å². The molecular weight excluding hydrogens is 240 g/mol. The minimum Gasteiger partial charge on any atom is -0.340 e. The number of amides is 1. The number of piperidine rings is 1. The highest BCUT2D eigenvalue weighted by atomic mass is 16.6. The van der Waals surface area contributed by atoms with Gasteiger partial charge in [-0.1, -0.05) is 0 Å². The number of nitrogens with one attached hydrogen (secondary N) is 1. The molecule has 0 aromatic heterocycles. The molecule has 2 rings (SSSR count). The molecule has 0 bridgehead atoms. The molecule has 110 valence electrons. The van der Waals surface area contributed by atoms with Crippen LogP contribution in [0, 0.1) is 0 Å². The van der Waals surface area contributed by atoms with E-state index >= 15 is 0 Å². The summed E-state index contributed by atoms with van der Waals surface area (Å²) in [5.74, 6) is 0.114. The third-order valence-corrected chi connectivity index (χ3v) is 4.13. The Morgan fingerprint density at radius 2 is 1.58 bits per heavy atom. The van der Waals surface area contributed by atoms with Crippen molar-refractivity contribution in [1.82, 2.24) is 10.2 Å². The molecule has 2 aliphatic heterocycles. The maximum Gasteiger partial charge on any atom is 0.256 e. The summed E-state index contributed by atoms with van der Waals surface area (Å²) in [6, 6.07) is 0. The van der Waals surface area contributed by atoms with Crippen molar-refractivity contribution in [2.75, 3.05) is 6.54 Å².